The predicted molar refractivity (Wildman–Crippen MR) is 76.1 cm³/mol. The quantitative estimate of drug-likeness (QED) is 0.939. The van der Waals surface area contributed by atoms with E-state index in [0.29, 0.717) is 16.4 Å². The number of carboxylic acids is 1. The van der Waals surface area contributed by atoms with Gasteiger partial charge in [0.2, 0.25) is 0 Å². The molecule has 0 unspecified atom stereocenters. The summed E-state index contributed by atoms with van der Waals surface area (Å²) in [6.45, 7) is 2.84. The maximum Gasteiger partial charge on any atom is 0.309 e. The van der Waals surface area contributed by atoms with Crippen molar-refractivity contribution >= 4 is 23.2 Å². The Morgan fingerprint density at radius 3 is 2.85 bits per heavy atom. The Labute approximate surface area is 121 Å². The number of carbonyl (C=O) groups is 1. The van der Waals surface area contributed by atoms with E-state index in [4.69, 9.17) is 16.7 Å². The molecule has 0 atom stereocenters. The van der Waals surface area contributed by atoms with Crippen LogP contribution in [0.4, 0.5) is 0 Å². The molecule has 2 aromatic heterocycles. The van der Waals surface area contributed by atoms with E-state index in [0.717, 1.165) is 25.3 Å². The summed E-state index contributed by atoms with van der Waals surface area (Å²) in [6, 6.07) is 3.63. The van der Waals surface area contributed by atoms with Crippen LogP contribution in [0.1, 0.15) is 24.2 Å². The third kappa shape index (κ3) is 2.51. The summed E-state index contributed by atoms with van der Waals surface area (Å²) in [7, 11) is 0. The maximum atomic E-state index is 11.0. The lowest BCUT2D eigenvalue weighted by atomic mass is 10.2. The first-order chi connectivity index (χ1) is 9.65. The van der Waals surface area contributed by atoms with Crippen LogP contribution in [0.5, 0.6) is 0 Å². The van der Waals surface area contributed by atoms with Crippen molar-refractivity contribution < 1.29 is 9.90 Å². The van der Waals surface area contributed by atoms with Crippen molar-refractivity contribution in [2.75, 3.05) is 13.1 Å². The van der Waals surface area contributed by atoms with Gasteiger partial charge in [0.1, 0.15) is 0 Å². The van der Waals surface area contributed by atoms with Crippen LogP contribution in [-0.4, -0.2) is 38.4 Å². The van der Waals surface area contributed by atoms with Gasteiger partial charge in [0, 0.05) is 12.7 Å². The standard InChI is InChI=1S/C14H16ClN3O2/c15-10-4-3-7-18-12(9-17-5-1-2-6-17)11(8-13(19)20)16-14(10)18/h3-4,7H,1-2,5-6,8-9H2,(H,19,20). The van der Waals surface area contributed by atoms with Gasteiger partial charge in [0.25, 0.3) is 0 Å². The average molecular weight is 294 g/mol. The second kappa shape index (κ2) is 5.42. The minimum Gasteiger partial charge on any atom is -0.481 e. The first-order valence-corrected chi connectivity index (χ1v) is 7.11. The number of carboxylic acid groups (broad SMARTS) is 1. The van der Waals surface area contributed by atoms with Crippen molar-refractivity contribution in [1.29, 1.82) is 0 Å². The van der Waals surface area contributed by atoms with Gasteiger partial charge >= 0.3 is 5.97 Å². The molecule has 0 bridgehead atoms. The zero-order valence-corrected chi connectivity index (χ0v) is 11.8. The molecule has 0 spiro atoms. The number of aliphatic carboxylic acids is 1. The largest absolute Gasteiger partial charge is 0.481 e. The smallest absolute Gasteiger partial charge is 0.309 e. The fraction of sp³-hybridized carbons (Fsp3) is 0.429. The number of nitrogens with zero attached hydrogens (tertiary/aromatic N) is 3. The summed E-state index contributed by atoms with van der Waals surface area (Å²) in [6.07, 6.45) is 4.23. The number of hydrogen-bond acceptors (Lipinski definition) is 3. The number of likely N-dealkylation sites (tertiary alicyclic amines) is 1. The molecule has 6 heteroatoms. The summed E-state index contributed by atoms with van der Waals surface area (Å²) in [5.74, 6) is -0.868. The van der Waals surface area contributed by atoms with Gasteiger partial charge in [-0.2, -0.15) is 0 Å². The molecule has 20 heavy (non-hydrogen) atoms. The van der Waals surface area contributed by atoms with Crippen LogP contribution < -0.4 is 0 Å². The normalized spacial score (nSPS) is 16.1. The lowest BCUT2D eigenvalue weighted by Crippen LogP contribution is -2.20. The number of imidazole rings is 1. The first kappa shape index (κ1) is 13.4. The molecule has 0 aliphatic carbocycles. The van der Waals surface area contributed by atoms with E-state index in [1.165, 1.54) is 12.8 Å². The Morgan fingerprint density at radius 1 is 1.40 bits per heavy atom. The van der Waals surface area contributed by atoms with E-state index >= 15 is 0 Å². The molecular weight excluding hydrogens is 278 g/mol. The van der Waals surface area contributed by atoms with Crippen LogP contribution in [0.25, 0.3) is 5.65 Å². The number of fused-ring (bicyclic) bond motifs is 1. The van der Waals surface area contributed by atoms with E-state index in [1.54, 1.807) is 6.07 Å². The fourth-order valence-corrected chi connectivity index (χ4v) is 2.94. The summed E-state index contributed by atoms with van der Waals surface area (Å²) in [4.78, 5) is 17.8. The molecule has 0 aromatic carbocycles. The van der Waals surface area contributed by atoms with Gasteiger partial charge in [-0.3, -0.25) is 9.69 Å². The van der Waals surface area contributed by atoms with Crippen LogP contribution >= 0.6 is 11.6 Å². The molecule has 5 nitrogen and oxygen atoms in total. The minimum absolute atomic E-state index is 0.0683. The third-order valence-corrected chi connectivity index (χ3v) is 3.97. The number of rotatable bonds is 4. The molecule has 1 saturated heterocycles. The zero-order chi connectivity index (χ0) is 14.1. The molecule has 0 saturated carbocycles. The number of pyridine rings is 1. The summed E-state index contributed by atoms with van der Waals surface area (Å²) >= 11 is 6.15. The summed E-state index contributed by atoms with van der Waals surface area (Å²) < 4.78 is 1.92. The molecule has 3 rings (SSSR count). The molecule has 1 fully saturated rings. The SMILES string of the molecule is O=C(O)Cc1nc2c(Cl)cccn2c1CN1CCCC1. The minimum atomic E-state index is -0.868. The van der Waals surface area contributed by atoms with Crippen LogP contribution in [-0.2, 0) is 17.8 Å². The van der Waals surface area contributed by atoms with Crippen molar-refractivity contribution in [3.63, 3.8) is 0 Å². The summed E-state index contributed by atoms with van der Waals surface area (Å²) in [5.41, 5.74) is 2.18. The molecule has 1 aliphatic heterocycles. The van der Waals surface area contributed by atoms with E-state index in [2.05, 4.69) is 9.88 Å². The van der Waals surface area contributed by atoms with Crippen LogP contribution in [0.3, 0.4) is 0 Å². The third-order valence-electron chi connectivity index (χ3n) is 3.67. The number of hydrogen-bond donors (Lipinski definition) is 1. The van der Waals surface area contributed by atoms with Crippen molar-refractivity contribution in [3.8, 4) is 0 Å². The van der Waals surface area contributed by atoms with Crippen molar-refractivity contribution in [2.45, 2.75) is 25.8 Å². The Balaban J connectivity index is 2.04. The molecular formula is C14H16ClN3O2. The van der Waals surface area contributed by atoms with E-state index in [9.17, 15) is 4.79 Å². The molecule has 106 valence electrons. The highest BCUT2D eigenvalue weighted by Gasteiger charge is 2.20. The van der Waals surface area contributed by atoms with Crippen molar-refractivity contribution in [2.24, 2.45) is 0 Å². The Hall–Kier alpha value is -1.59. The van der Waals surface area contributed by atoms with Gasteiger partial charge in [0.05, 0.1) is 22.8 Å². The van der Waals surface area contributed by atoms with Crippen LogP contribution in [0.2, 0.25) is 5.02 Å². The summed E-state index contributed by atoms with van der Waals surface area (Å²) in [5, 5.41) is 9.60. The van der Waals surface area contributed by atoms with E-state index in [-0.39, 0.29) is 6.42 Å². The molecule has 0 radical (unpaired) electrons. The number of halogens is 1. The van der Waals surface area contributed by atoms with Gasteiger partial charge in [-0.25, -0.2) is 4.98 Å². The lowest BCUT2D eigenvalue weighted by Gasteiger charge is -2.15. The monoisotopic (exact) mass is 293 g/mol. The van der Waals surface area contributed by atoms with Gasteiger partial charge < -0.3 is 9.51 Å². The second-order valence-corrected chi connectivity index (χ2v) is 5.52. The van der Waals surface area contributed by atoms with Gasteiger partial charge in [-0.15, -0.1) is 0 Å². The van der Waals surface area contributed by atoms with Crippen LogP contribution in [0.15, 0.2) is 18.3 Å². The highest BCUT2D eigenvalue weighted by atomic mass is 35.5. The highest BCUT2D eigenvalue weighted by molar-refractivity contribution is 6.33. The molecule has 1 aliphatic rings. The Morgan fingerprint density at radius 2 is 2.15 bits per heavy atom. The van der Waals surface area contributed by atoms with E-state index in [1.807, 2.05) is 16.7 Å². The fourth-order valence-electron chi connectivity index (χ4n) is 2.74. The molecule has 0 amide bonds. The van der Waals surface area contributed by atoms with Gasteiger partial charge in [0.15, 0.2) is 5.65 Å². The second-order valence-electron chi connectivity index (χ2n) is 5.11. The molecule has 1 N–H and O–H groups in total. The van der Waals surface area contributed by atoms with Gasteiger partial charge in [-0.05, 0) is 38.1 Å². The maximum absolute atomic E-state index is 11.0. The average Bonchev–Trinajstić information content (AvgIpc) is 3.00. The first-order valence-electron chi connectivity index (χ1n) is 6.73. The topological polar surface area (TPSA) is 57.8 Å². The number of aromatic nitrogens is 2. The lowest BCUT2D eigenvalue weighted by molar-refractivity contribution is -0.136. The highest BCUT2D eigenvalue weighted by Crippen LogP contribution is 2.23. The zero-order valence-electron chi connectivity index (χ0n) is 11.0. The van der Waals surface area contributed by atoms with Crippen molar-refractivity contribution in [3.05, 3.63) is 34.7 Å². The van der Waals surface area contributed by atoms with Crippen LogP contribution in [0, 0.1) is 0 Å². The Kier molecular flexibility index (Phi) is 3.63. The van der Waals surface area contributed by atoms with Gasteiger partial charge in [-0.1, -0.05) is 11.6 Å². The van der Waals surface area contributed by atoms with E-state index < -0.39 is 5.97 Å². The van der Waals surface area contributed by atoms with Crippen molar-refractivity contribution in [1.82, 2.24) is 14.3 Å². The molecule has 3 heterocycles. The predicted octanol–water partition coefficient (Wildman–Crippen LogP) is 2.21. The Bertz CT molecular complexity index is 647. The molecule has 2 aromatic rings.